The normalized spacial score (nSPS) is 10.5. The largest absolute Gasteiger partial charge is 0.493 e. The van der Waals surface area contributed by atoms with Gasteiger partial charge in [-0.05, 0) is 23.8 Å². The fourth-order valence-corrected chi connectivity index (χ4v) is 2.85. The summed E-state index contributed by atoms with van der Waals surface area (Å²) >= 11 is 6.13. The molecule has 3 aromatic rings. The summed E-state index contributed by atoms with van der Waals surface area (Å²) in [6, 6.07) is 13.4. The third-order valence-electron chi connectivity index (χ3n) is 4.12. The van der Waals surface area contributed by atoms with Gasteiger partial charge in [0.2, 0.25) is 0 Å². The molecular formula is C19H17ClN4O4. The second kappa shape index (κ2) is 8.10. The Balaban J connectivity index is 1.87. The zero-order valence-electron chi connectivity index (χ0n) is 15.2. The molecule has 0 bridgehead atoms. The first kappa shape index (κ1) is 19.4. The molecule has 9 heteroatoms. The Morgan fingerprint density at radius 1 is 1.29 bits per heavy atom. The van der Waals surface area contributed by atoms with Gasteiger partial charge >= 0.3 is 0 Å². The van der Waals surface area contributed by atoms with Crippen LogP contribution in [0, 0.1) is 10.1 Å². The van der Waals surface area contributed by atoms with Gasteiger partial charge in [0.25, 0.3) is 11.6 Å². The number of benzene rings is 2. The van der Waals surface area contributed by atoms with Gasteiger partial charge in [-0.3, -0.25) is 14.9 Å². The molecule has 0 N–H and O–H groups in total. The number of halogens is 1. The molecule has 8 nitrogen and oxygen atoms in total. The lowest BCUT2D eigenvalue weighted by Gasteiger charge is -2.17. The summed E-state index contributed by atoms with van der Waals surface area (Å²) < 4.78 is 6.85. The molecule has 0 atom stereocenters. The molecule has 3 rings (SSSR count). The molecule has 0 spiro atoms. The van der Waals surface area contributed by atoms with Crippen molar-refractivity contribution in [3.05, 3.63) is 81.1 Å². The molecule has 144 valence electrons. The maximum atomic E-state index is 12.9. The minimum absolute atomic E-state index is 0.0840. The van der Waals surface area contributed by atoms with E-state index in [2.05, 4.69) is 5.10 Å². The molecule has 0 aliphatic carbocycles. The molecular weight excluding hydrogens is 384 g/mol. The summed E-state index contributed by atoms with van der Waals surface area (Å²) in [5.74, 6) is -0.0695. The zero-order chi connectivity index (χ0) is 20.3. The average molecular weight is 401 g/mol. The highest BCUT2D eigenvalue weighted by Gasteiger charge is 2.23. The first-order chi connectivity index (χ1) is 13.4. The number of hydrogen-bond acceptors (Lipinski definition) is 5. The smallest absolute Gasteiger partial charge is 0.278 e. The van der Waals surface area contributed by atoms with E-state index in [1.165, 1.54) is 30.2 Å². The number of methoxy groups -OCH3 is 1. The first-order valence-electron chi connectivity index (χ1n) is 8.28. The minimum Gasteiger partial charge on any atom is -0.493 e. The van der Waals surface area contributed by atoms with Crippen molar-refractivity contribution in [3.8, 4) is 11.4 Å². The Hall–Kier alpha value is -3.39. The molecule has 0 unspecified atom stereocenters. The number of hydrogen-bond donors (Lipinski definition) is 0. The molecule has 28 heavy (non-hydrogen) atoms. The predicted octanol–water partition coefficient (Wildman–Crippen LogP) is 3.71. The van der Waals surface area contributed by atoms with Gasteiger partial charge in [-0.15, -0.1) is 0 Å². The van der Waals surface area contributed by atoms with Crippen LogP contribution in [0.4, 0.5) is 5.69 Å². The third-order valence-corrected chi connectivity index (χ3v) is 4.49. The summed E-state index contributed by atoms with van der Waals surface area (Å²) in [7, 11) is 3.03. The maximum Gasteiger partial charge on any atom is 0.278 e. The van der Waals surface area contributed by atoms with Crippen molar-refractivity contribution in [2.45, 2.75) is 6.54 Å². The summed E-state index contributed by atoms with van der Waals surface area (Å²) in [6.45, 7) is 0.0840. The number of amides is 1. The van der Waals surface area contributed by atoms with Crippen LogP contribution in [-0.2, 0) is 6.54 Å². The minimum atomic E-state index is -0.508. The second-order valence-corrected chi connectivity index (χ2v) is 6.43. The summed E-state index contributed by atoms with van der Waals surface area (Å²) in [4.78, 5) is 24.7. The number of nitrogens with zero attached hydrogens (tertiary/aromatic N) is 4. The number of nitro benzene ring substituents is 1. The standard InChI is InChI=1S/C19H17ClN4O4/c1-22(11-13-10-15(24(26)27)8-9-16(13)20)19(25)18-17(28-2)12-23(21-18)14-6-4-3-5-7-14/h3-10,12H,11H2,1-2H3. The van der Waals surface area contributed by atoms with Gasteiger partial charge in [0.15, 0.2) is 11.4 Å². The van der Waals surface area contributed by atoms with E-state index in [9.17, 15) is 14.9 Å². The number of rotatable bonds is 6. The molecule has 0 saturated heterocycles. The lowest BCUT2D eigenvalue weighted by molar-refractivity contribution is -0.384. The van der Waals surface area contributed by atoms with E-state index < -0.39 is 10.8 Å². The molecule has 1 amide bonds. The van der Waals surface area contributed by atoms with Gasteiger partial charge in [-0.25, -0.2) is 4.68 Å². The highest BCUT2D eigenvalue weighted by molar-refractivity contribution is 6.31. The van der Waals surface area contributed by atoms with Gasteiger partial charge in [-0.2, -0.15) is 5.10 Å². The van der Waals surface area contributed by atoms with Crippen LogP contribution in [0.1, 0.15) is 16.1 Å². The van der Waals surface area contributed by atoms with Crippen molar-refractivity contribution in [1.82, 2.24) is 14.7 Å². The molecule has 0 fully saturated rings. The van der Waals surface area contributed by atoms with Crippen molar-refractivity contribution in [2.75, 3.05) is 14.2 Å². The number of carbonyl (C=O) groups excluding carboxylic acids is 1. The molecule has 1 aromatic heterocycles. The SMILES string of the molecule is COc1cn(-c2ccccc2)nc1C(=O)N(C)Cc1cc([N+](=O)[O-])ccc1Cl. The van der Waals surface area contributed by atoms with Gasteiger partial charge in [-0.1, -0.05) is 29.8 Å². The number of para-hydroxylation sites is 1. The Morgan fingerprint density at radius 2 is 2.00 bits per heavy atom. The topological polar surface area (TPSA) is 90.5 Å². The summed E-state index contributed by atoms with van der Waals surface area (Å²) in [6.07, 6.45) is 1.62. The highest BCUT2D eigenvalue weighted by atomic mass is 35.5. The Labute approximate surface area is 166 Å². The Morgan fingerprint density at radius 3 is 2.64 bits per heavy atom. The quantitative estimate of drug-likeness (QED) is 0.464. The number of aromatic nitrogens is 2. The van der Waals surface area contributed by atoms with Crippen molar-refractivity contribution in [3.63, 3.8) is 0 Å². The number of non-ortho nitro benzene ring substituents is 1. The van der Waals surface area contributed by atoms with E-state index >= 15 is 0 Å². The Kier molecular flexibility index (Phi) is 5.60. The first-order valence-corrected chi connectivity index (χ1v) is 8.66. The van der Waals surface area contributed by atoms with Crippen LogP contribution in [0.25, 0.3) is 5.69 Å². The van der Waals surface area contributed by atoms with E-state index in [-0.39, 0.29) is 17.9 Å². The lowest BCUT2D eigenvalue weighted by Crippen LogP contribution is -2.27. The fourth-order valence-electron chi connectivity index (χ4n) is 2.67. The summed E-state index contributed by atoms with van der Waals surface area (Å²) in [5, 5.41) is 15.7. The van der Waals surface area contributed by atoms with Gasteiger partial charge in [0, 0.05) is 30.7 Å². The van der Waals surface area contributed by atoms with Crippen LogP contribution >= 0.6 is 11.6 Å². The number of carbonyl (C=O) groups is 1. The predicted molar refractivity (Wildman–Crippen MR) is 104 cm³/mol. The van der Waals surface area contributed by atoms with Crippen molar-refractivity contribution < 1.29 is 14.5 Å². The van der Waals surface area contributed by atoms with E-state index in [0.29, 0.717) is 16.3 Å². The molecule has 0 aliphatic rings. The molecule has 0 saturated carbocycles. The monoisotopic (exact) mass is 400 g/mol. The molecule has 0 radical (unpaired) electrons. The fraction of sp³-hybridized carbons (Fsp3) is 0.158. The second-order valence-electron chi connectivity index (χ2n) is 6.02. The Bertz CT molecular complexity index is 1020. The van der Waals surface area contributed by atoms with E-state index in [1.54, 1.807) is 17.9 Å². The van der Waals surface area contributed by atoms with E-state index in [0.717, 1.165) is 5.69 Å². The summed E-state index contributed by atoms with van der Waals surface area (Å²) in [5.41, 5.74) is 1.29. The van der Waals surface area contributed by atoms with Crippen LogP contribution < -0.4 is 4.74 Å². The van der Waals surface area contributed by atoms with E-state index in [1.807, 2.05) is 30.3 Å². The number of ether oxygens (including phenoxy) is 1. The van der Waals surface area contributed by atoms with Crippen LogP contribution in [0.2, 0.25) is 5.02 Å². The van der Waals surface area contributed by atoms with Gasteiger partial charge in [0.1, 0.15) is 0 Å². The van der Waals surface area contributed by atoms with E-state index in [4.69, 9.17) is 16.3 Å². The molecule has 2 aromatic carbocycles. The van der Waals surface area contributed by atoms with Crippen molar-refractivity contribution in [1.29, 1.82) is 0 Å². The van der Waals surface area contributed by atoms with Crippen molar-refractivity contribution in [2.24, 2.45) is 0 Å². The number of nitro groups is 1. The third kappa shape index (κ3) is 3.96. The molecule has 1 heterocycles. The maximum absolute atomic E-state index is 12.9. The van der Waals surface area contributed by atoms with Crippen LogP contribution in [0.3, 0.4) is 0 Å². The zero-order valence-corrected chi connectivity index (χ0v) is 16.0. The van der Waals surface area contributed by atoms with Crippen LogP contribution in [0.5, 0.6) is 5.75 Å². The van der Waals surface area contributed by atoms with Gasteiger partial charge < -0.3 is 9.64 Å². The molecule has 0 aliphatic heterocycles. The van der Waals surface area contributed by atoms with Crippen LogP contribution in [-0.4, -0.2) is 39.7 Å². The van der Waals surface area contributed by atoms with Crippen molar-refractivity contribution >= 4 is 23.2 Å². The van der Waals surface area contributed by atoms with Crippen LogP contribution in [0.15, 0.2) is 54.7 Å². The lowest BCUT2D eigenvalue weighted by atomic mass is 10.2. The highest BCUT2D eigenvalue weighted by Crippen LogP contribution is 2.25. The average Bonchev–Trinajstić information content (AvgIpc) is 3.14. The van der Waals surface area contributed by atoms with Gasteiger partial charge in [0.05, 0.1) is 23.9 Å².